The fourth-order valence-corrected chi connectivity index (χ4v) is 3.00. The molecule has 1 heterocycles. The van der Waals surface area contributed by atoms with Gasteiger partial charge in [-0.1, -0.05) is 51.1 Å². The van der Waals surface area contributed by atoms with E-state index in [1.165, 1.54) is 18.2 Å². The molecular weight excluding hydrogens is 349 g/mol. The molecule has 0 aliphatic rings. The summed E-state index contributed by atoms with van der Waals surface area (Å²) in [5.41, 5.74) is 4.60. The largest absolute Gasteiger partial charge is 0.456 e. The highest BCUT2D eigenvalue weighted by molar-refractivity contribution is 5.83. The number of amides is 1. The fourth-order valence-electron chi connectivity index (χ4n) is 3.00. The maximum atomic E-state index is 14.5. The number of para-hydroxylation sites is 1. The lowest BCUT2D eigenvalue weighted by atomic mass is 9.84. The Bertz CT molecular complexity index is 1070. The number of halogens is 1. The summed E-state index contributed by atoms with van der Waals surface area (Å²) >= 11 is 0. The van der Waals surface area contributed by atoms with Gasteiger partial charge in [-0.3, -0.25) is 4.79 Å². The maximum Gasteiger partial charge on any atom is 0.405 e. The van der Waals surface area contributed by atoms with Crippen molar-refractivity contribution in [3.8, 4) is 11.1 Å². The molecule has 27 heavy (non-hydrogen) atoms. The van der Waals surface area contributed by atoms with E-state index < -0.39 is 28.9 Å². The lowest BCUT2D eigenvalue weighted by molar-refractivity contribution is 0.0223. The molecule has 3 rings (SSSR count). The summed E-state index contributed by atoms with van der Waals surface area (Å²) in [5.74, 6) is -0.511. The molecule has 0 radical (unpaired) electrons. The van der Waals surface area contributed by atoms with Gasteiger partial charge in [0, 0.05) is 11.0 Å². The van der Waals surface area contributed by atoms with Crippen LogP contribution in [-0.4, -0.2) is 6.09 Å². The number of hydrogen-bond acceptors (Lipinski definition) is 4. The van der Waals surface area contributed by atoms with Crippen LogP contribution in [0.5, 0.6) is 0 Å². The number of carbonyl (C=O) groups is 1. The minimum absolute atomic E-state index is 0.0213. The minimum Gasteiger partial charge on any atom is -0.456 e. The first-order chi connectivity index (χ1) is 12.7. The van der Waals surface area contributed by atoms with E-state index in [-0.39, 0.29) is 16.9 Å². The average Bonchev–Trinajstić information content (AvgIpc) is 2.59. The third kappa shape index (κ3) is 3.56. The molecule has 1 atom stereocenters. The highest BCUT2D eigenvalue weighted by Gasteiger charge is 2.36. The van der Waals surface area contributed by atoms with E-state index in [0.29, 0.717) is 11.0 Å². The molecule has 0 fully saturated rings. The molecular formula is C21H20FNO4. The first-order valence-electron chi connectivity index (χ1n) is 8.47. The van der Waals surface area contributed by atoms with Gasteiger partial charge >= 0.3 is 6.09 Å². The Morgan fingerprint density at radius 2 is 1.74 bits per heavy atom. The first-order valence-corrected chi connectivity index (χ1v) is 8.47. The van der Waals surface area contributed by atoms with Gasteiger partial charge in [0.25, 0.3) is 0 Å². The van der Waals surface area contributed by atoms with Crippen LogP contribution >= 0.6 is 0 Å². The van der Waals surface area contributed by atoms with Crippen LogP contribution < -0.4 is 11.2 Å². The summed E-state index contributed by atoms with van der Waals surface area (Å²) in [6, 6.07) is 12.6. The summed E-state index contributed by atoms with van der Waals surface area (Å²) in [6.07, 6.45) is -1.99. The lowest BCUT2D eigenvalue weighted by Gasteiger charge is -2.30. The van der Waals surface area contributed by atoms with Gasteiger partial charge in [-0.25, -0.2) is 9.18 Å². The zero-order chi connectivity index (χ0) is 19.8. The van der Waals surface area contributed by atoms with Crippen molar-refractivity contribution in [1.29, 1.82) is 0 Å². The number of carbonyl (C=O) groups excluding carboxylic acids is 1. The van der Waals surface area contributed by atoms with E-state index in [1.54, 1.807) is 51.1 Å². The quantitative estimate of drug-likeness (QED) is 0.720. The van der Waals surface area contributed by atoms with Crippen LogP contribution in [0.2, 0.25) is 0 Å². The van der Waals surface area contributed by atoms with Crippen LogP contribution in [-0.2, 0) is 4.74 Å². The van der Waals surface area contributed by atoms with Gasteiger partial charge in [0.15, 0.2) is 11.9 Å². The maximum absolute atomic E-state index is 14.5. The van der Waals surface area contributed by atoms with Crippen molar-refractivity contribution in [2.75, 3.05) is 0 Å². The number of nitrogens with two attached hydrogens (primary N) is 1. The van der Waals surface area contributed by atoms with Gasteiger partial charge in [-0.05, 0) is 18.2 Å². The van der Waals surface area contributed by atoms with E-state index in [4.69, 9.17) is 14.9 Å². The second-order valence-corrected chi connectivity index (χ2v) is 7.33. The van der Waals surface area contributed by atoms with E-state index in [9.17, 15) is 14.0 Å². The van der Waals surface area contributed by atoms with Crippen LogP contribution in [0.25, 0.3) is 22.1 Å². The molecule has 5 nitrogen and oxygen atoms in total. The molecule has 0 aliphatic carbocycles. The van der Waals surface area contributed by atoms with Crippen molar-refractivity contribution in [1.82, 2.24) is 0 Å². The molecule has 0 bridgehead atoms. The summed E-state index contributed by atoms with van der Waals surface area (Å²) in [4.78, 5) is 24.7. The van der Waals surface area contributed by atoms with Crippen LogP contribution in [0.3, 0.4) is 0 Å². The van der Waals surface area contributed by atoms with Gasteiger partial charge in [-0.15, -0.1) is 0 Å². The van der Waals surface area contributed by atoms with Crippen molar-refractivity contribution >= 4 is 17.1 Å². The Morgan fingerprint density at radius 3 is 2.37 bits per heavy atom. The number of hydrogen-bond donors (Lipinski definition) is 1. The Hall–Kier alpha value is -3.15. The molecule has 1 aromatic heterocycles. The van der Waals surface area contributed by atoms with Crippen LogP contribution in [0, 0.1) is 11.2 Å². The highest BCUT2D eigenvalue weighted by Crippen LogP contribution is 2.41. The smallest absolute Gasteiger partial charge is 0.405 e. The Balaban J connectivity index is 2.43. The topological polar surface area (TPSA) is 82.5 Å². The van der Waals surface area contributed by atoms with Crippen molar-refractivity contribution < 1.29 is 18.3 Å². The molecule has 1 unspecified atom stereocenters. The third-order valence-corrected chi connectivity index (χ3v) is 4.23. The SMILES string of the molecule is CC(C)(C)C(OC(N)=O)c1oc2ccccc2c(=O)c1-c1ccccc1F. The molecule has 6 heteroatoms. The van der Waals surface area contributed by atoms with Crippen molar-refractivity contribution in [3.05, 3.63) is 70.3 Å². The lowest BCUT2D eigenvalue weighted by Crippen LogP contribution is -2.28. The van der Waals surface area contributed by atoms with E-state index in [1.807, 2.05) is 0 Å². The van der Waals surface area contributed by atoms with Crippen molar-refractivity contribution in [2.45, 2.75) is 26.9 Å². The number of benzene rings is 2. The molecule has 3 aromatic rings. The number of fused-ring (bicyclic) bond motifs is 1. The van der Waals surface area contributed by atoms with E-state index in [2.05, 4.69) is 0 Å². The zero-order valence-corrected chi connectivity index (χ0v) is 15.3. The minimum atomic E-state index is -1.01. The van der Waals surface area contributed by atoms with Gasteiger partial charge in [0.05, 0.1) is 10.9 Å². The Morgan fingerprint density at radius 1 is 1.11 bits per heavy atom. The van der Waals surface area contributed by atoms with Crippen LogP contribution in [0.15, 0.2) is 57.7 Å². The number of rotatable bonds is 3. The molecule has 140 valence electrons. The van der Waals surface area contributed by atoms with Crippen LogP contribution in [0.1, 0.15) is 32.6 Å². The number of ether oxygens (including phenoxy) is 1. The first kappa shape index (κ1) is 18.6. The monoisotopic (exact) mass is 369 g/mol. The van der Waals surface area contributed by atoms with Gasteiger partial charge < -0.3 is 14.9 Å². The van der Waals surface area contributed by atoms with Gasteiger partial charge in [0.1, 0.15) is 11.4 Å². The average molecular weight is 369 g/mol. The van der Waals surface area contributed by atoms with Crippen molar-refractivity contribution in [2.24, 2.45) is 11.1 Å². The second kappa shape index (κ2) is 6.87. The van der Waals surface area contributed by atoms with Crippen LogP contribution in [0.4, 0.5) is 9.18 Å². The molecule has 0 saturated carbocycles. The summed E-state index contributed by atoms with van der Waals surface area (Å²) < 4.78 is 25.8. The number of primary amides is 1. The summed E-state index contributed by atoms with van der Waals surface area (Å²) in [7, 11) is 0. The van der Waals surface area contributed by atoms with Gasteiger partial charge in [-0.2, -0.15) is 0 Å². The molecule has 2 N–H and O–H groups in total. The molecule has 2 aromatic carbocycles. The van der Waals surface area contributed by atoms with Crippen molar-refractivity contribution in [3.63, 3.8) is 0 Å². The highest BCUT2D eigenvalue weighted by atomic mass is 19.1. The molecule has 0 aliphatic heterocycles. The normalized spacial score (nSPS) is 12.7. The molecule has 0 spiro atoms. The van der Waals surface area contributed by atoms with E-state index in [0.717, 1.165) is 0 Å². The summed E-state index contributed by atoms with van der Waals surface area (Å²) in [6.45, 7) is 5.42. The Labute approximate surface area is 155 Å². The second-order valence-electron chi connectivity index (χ2n) is 7.33. The fraction of sp³-hybridized carbons (Fsp3) is 0.238. The molecule has 1 amide bonds. The third-order valence-electron chi connectivity index (χ3n) is 4.23. The summed E-state index contributed by atoms with van der Waals surface area (Å²) in [5, 5.41) is 0.311. The predicted octanol–water partition coefficient (Wildman–Crippen LogP) is 4.78. The Kier molecular flexibility index (Phi) is 4.74. The van der Waals surface area contributed by atoms with Gasteiger partial charge in [0.2, 0.25) is 5.43 Å². The van der Waals surface area contributed by atoms with E-state index >= 15 is 0 Å². The molecule has 0 saturated heterocycles. The zero-order valence-electron chi connectivity index (χ0n) is 15.3. The predicted molar refractivity (Wildman–Crippen MR) is 101 cm³/mol. The standard InChI is InChI=1S/C21H20FNO4/c1-21(2,3)19(27-20(23)25)18-16(12-8-4-6-10-14(12)22)17(24)13-9-5-7-11-15(13)26-18/h4-11,19H,1-3H3,(H2,23,25).